The standard InChI is InChI=1S/C26H25NO5/c1-26(2,3)32-25(29)20-7-11-21(12-8-20)27-17-18-5-13-23(14-6-18)31-24(28)19-9-15-22(30-4)16-10-19/h5-17H,1-4H3. The molecule has 0 amide bonds. The largest absolute Gasteiger partial charge is 0.497 e. The van der Waals surface area contributed by atoms with Gasteiger partial charge in [0.2, 0.25) is 0 Å². The summed E-state index contributed by atoms with van der Waals surface area (Å²) in [7, 11) is 1.57. The van der Waals surface area contributed by atoms with Crippen molar-refractivity contribution in [2.24, 2.45) is 4.99 Å². The van der Waals surface area contributed by atoms with Crippen LogP contribution in [0.5, 0.6) is 11.5 Å². The third-order valence-corrected chi connectivity index (χ3v) is 4.28. The summed E-state index contributed by atoms with van der Waals surface area (Å²) >= 11 is 0. The number of nitrogens with zero attached hydrogens (tertiary/aromatic N) is 1. The molecule has 6 heteroatoms. The van der Waals surface area contributed by atoms with Gasteiger partial charge in [0.05, 0.1) is 23.9 Å². The average Bonchev–Trinajstić information content (AvgIpc) is 2.78. The van der Waals surface area contributed by atoms with Crippen LogP contribution in [0.25, 0.3) is 0 Å². The minimum absolute atomic E-state index is 0.368. The Morgan fingerprint density at radius 2 is 1.28 bits per heavy atom. The molecule has 0 aromatic heterocycles. The van der Waals surface area contributed by atoms with Crippen LogP contribution in [0.1, 0.15) is 47.1 Å². The fourth-order valence-corrected chi connectivity index (χ4v) is 2.68. The first kappa shape index (κ1) is 22.7. The second kappa shape index (κ2) is 9.92. The minimum Gasteiger partial charge on any atom is -0.497 e. The molecule has 6 nitrogen and oxygen atoms in total. The monoisotopic (exact) mass is 431 g/mol. The molecule has 164 valence electrons. The highest BCUT2D eigenvalue weighted by Crippen LogP contribution is 2.18. The summed E-state index contributed by atoms with van der Waals surface area (Å²) in [5, 5.41) is 0. The molecular formula is C26H25NO5. The van der Waals surface area contributed by atoms with Crippen molar-refractivity contribution < 1.29 is 23.8 Å². The third-order valence-electron chi connectivity index (χ3n) is 4.28. The molecular weight excluding hydrogens is 406 g/mol. The van der Waals surface area contributed by atoms with Gasteiger partial charge in [0.25, 0.3) is 0 Å². The highest BCUT2D eigenvalue weighted by Gasteiger charge is 2.17. The molecule has 0 fully saturated rings. The van der Waals surface area contributed by atoms with E-state index in [0.29, 0.717) is 28.3 Å². The number of hydrogen-bond donors (Lipinski definition) is 0. The summed E-state index contributed by atoms with van der Waals surface area (Å²) in [6.07, 6.45) is 1.69. The SMILES string of the molecule is COc1ccc(C(=O)Oc2ccc(C=Nc3ccc(C(=O)OC(C)(C)C)cc3)cc2)cc1. The van der Waals surface area contributed by atoms with Crippen LogP contribution in [0.2, 0.25) is 0 Å². The van der Waals surface area contributed by atoms with Crippen LogP contribution >= 0.6 is 0 Å². The maximum Gasteiger partial charge on any atom is 0.343 e. The molecule has 0 spiro atoms. The lowest BCUT2D eigenvalue weighted by Crippen LogP contribution is -2.23. The predicted octanol–water partition coefficient (Wildman–Crippen LogP) is 5.62. The van der Waals surface area contributed by atoms with Crippen molar-refractivity contribution in [1.29, 1.82) is 0 Å². The second-order valence-corrected chi connectivity index (χ2v) is 7.99. The topological polar surface area (TPSA) is 74.2 Å². The van der Waals surface area contributed by atoms with E-state index in [1.807, 2.05) is 20.8 Å². The van der Waals surface area contributed by atoms with Crippen LogP contribution in [-0.2, 0) is 4.74 Å². The maximum atomic E-state index is 12.2. The normalized spacial score (nSPS) is 11.2. The lowest BCUT2D eigenvalue weighted by Gasteiger charge is -2.19. The third kappa shape index (κ3) is 6.54. The maximum absolute atomic E-state index is 12.2. The Bertz CT molecular complexity index is 1090. The highest BCUT2D eigenvalue weighted by atomic mass is 16.6. The number of methoxy groups -OCH3 is 1. The van der Waals surface area contributed by atoms with E-state index >= 15 is 0 Å². The molecule has 0 saturated heterocycles. The smallest absolute Gasteiger partial charge is 0.343 e. The van der Waals surface area contributed by atoms with E-state index in [1.165, 1.54) is 0 Å². The molecule has 0 radical (unpaired) electrons. The molecule has 0 aliphatic rings. The first-order chi connectivity index (χ1) is 15.2. The molecule has 0 aliphatic carbocycles. The fraction of sp³-hybridized carbons (Fsp3) is 0.192. The quantitative estimate of drug-likeness (QED) is 0.288. The first-order valence-corrected chi connectivity index (χ1v) is 10.1. The summed E-state index contributed by atoms with van der Waals surface area (Å²) in [6, 6.07) is 20.6. The van der Waals surface area contributed by atoms with Crippen molar-refractivity contribution in [1.82, 2.24) is 0 Å². The van der Waals surface area contributed by atoms with Gasteiger partial charge in [-0.05, 0) is 99.1 Å². The predicted molar refractivity (Wildman–Crippen MR) is 123 cm³/mol. The van der Waals surface area contributed by atoms with Crippen LogP contribution in [0.15, 0.2) is 77.8 Å². The Labute approximate surface area is 187 Å². The van der Waals surface area contributed by atoms with E-state index in [4.69, 9.17) is 14.2 Å². The molecule has 3 rings (SSSR count). The molecule has 0 aliphatic heterocycles. The summed E-state index contributed by atoms with van der Waals surface area (Å²) in [6.45, 7) is 5.48. The van der Waals surface area contributed by atoms with E-state index in [2.05, 4.69) is 4.99 Å². The Hall–Kier alpha value is -3.93. The summed E-state index contributed by atoms with van der Waals surface area (Å²) < 4.78 is 15.8. The molecule has 3 aromatic rings. The Morgan fingerprint density at radius 3 is 1.84 bits per heavy atom. The number of carbonyl (C=O) groups is 2. The molecule has 0 N–H and O–H groups in total. The van der Waals surface area contributed by atoms with E-state index in [0.717, 1.165) is 5.56 Å². The van der Waals surface area contributed by atoms with Crippen LogP contribution < -0.4 is 9.47 Å². The lowest BCUT2D eigenvalue weighted by atomic mass is 10.1. The summed E-state index contributed by atoms with van der Waals surface area (Å²) in [5.74, 6) is 0.293. The lowest BCUT2D eigenvalue weighted by molar-refractivity contribution is 0.00694. The van der Waals surface area contributed by atoms with Gasteiger partial charge < -0.3 is 14.2 Å². The first-order valence-electron chi connectivity index (χ1n) is 10.1. The van der Waals surface area contributed by atoms with Gasteiger partial charge in [0.15, 0.2) is 0 Å². The Kier molecular flexibility index (Phi) is 7.05. The zero-order valence-corrected chi connectivity index (χ0v) is 18.5. The van der Waals surface area contributed by atoms with Crippen LogP contribution in [-0.4, -0.2) is 30.9 Å². The van der Waals surface area contributed by atoms with Gasteiger partial charge in [-0.3, -0.25) is 4.99 Å². The highest BCUT2D eigenvalue weighted by molar-refractivity contribution is 5.91. The van der Waals surface area contributed by atoms with Crippen molar-refractivity contribution >= 4 is 23.8 Å². The number of aliphatic imine (C=N–C) groups is 1. The zero-order valence-electron chi connectivity index (χ0n) is 18.5. The summed E-state index contributed by atoms with van der Waals surface area (Å²) in [5.41, 5.74) is 1.91. The van der Waals surface area contributed by atoms with E-state index in [9.17, 15) is 9.59 Å². The number of carbonyl (C=O) groups excluding carboxylic acids is 2. The fourth-order valence-electron chi connectivity index (χ4n) is 2.68. The van der Waals surface area contributed by atoms with Crippen molar-refractivity contribution in [3.05, 3.63) is 89.5 Å². The molecule has 0 saturated carbocycles. The van der Waals surface area contributed by atoms with Gasteiger partial charge in [-0.1, -0.05) is 0 Å². The Balaban J connectivity index is 1.59. The van der Waals surface area contributed by atoms with Gasteiger partial charge in [-0.2, -0.15) is 0 Å². The van der Waals surface area contributed by atoms with Crippen molar-refractivity contribution in [3.8, 4) is 11.5 Å². The van der Waals surface area contributed by atoms with Gasteiger partial charge in [-0.15, -0.1) is 0 Å². The molecule has 0 bridgehead atoms. The van der Waals surface area contributed by atoms with E-state index in [-0.39, 0.29) is 5.97 Å². The van der Waals surface area contributed by atoms with Gasteiger partial charge >= 0.3 is 11.9 Å². The molecule has 32 heavy (non-hydrogen) atoms. The van der Waals surface area contributed by atoms with Gasteiger partial charge in [-0.25, -0.2) is 9.59 Å². The summed E-state index contributed by atoms with van der Waals surface area (Å²) in [4.78, 5) is 28.7. The average molecular weight is 431 g/mol. The van der Waals surface area contributed by atoms with Gasteiger partial charge in [0, 0.05) is 6.21 Å². The zero-order chi connectivity index (χ0) is 23.1. The number of benzene rings is 3. The van der Waals surface area contributed by atoms with Crippen molar-refractivity contribution in [2.75, 3.05) is 7.11 Å². The van der Waals surface area contributed by atoms with Crippen molar-refractivity contribution in [3.63, 3.8) is 0 Å². The van der Waals surface area contributed by atoms with E-state index in [1.54, 1.807) is 86.1 Å². The van der Waals surface area contributed by atoms with Crippen molar-refractivity contribution in [2.45, 2.75) is 26.4 Å². The number of hydrogen-bond acceptors (Lipinski definition) is 6. The van der Waals surface area contributed by atoms with Gasteiger partial charge in [0.1, 0.15) is 17.1 Å². The second-order valence-electron chi connectivity index (χ2n) is 7.99. The molecule has 3 aromatic carbocycles. The van der Waals surface area contributed by atoms with E-state index < -0.39 is 11.6 Å². The molecule has 0 unspecified atom stereocenters. The Morgan fingerprint density at radius 1 is 0.750 bits per heavy atom. The molecule has 0 atom stereocenters. The van der Waals surface area contributed by atoms with Crippen LogP contribution in [0, 0.1) is 0 Å². The van der Waals surface area contributed by atoms with Crippen LogP contribution in [0.3, 0.4) is 0 Å². The van der Waals surface area contributed by atoms with Crippen LogP contribution in [0.4, 0.5) is 5.69 Å². The minimum atomic E-state index is -0.539. The number of ether oxygens (including phenoxy) is 3. The molecule has 0 heterocycles. The number of rotatable bonds is 6. The number of esters is 2.